The Bertz CT molecular complexity index is 1210. The molecule has 0 aliphatic heterocycles. The van der Waals surface area contributed by atoms with Gasteiger partial charge in [0.2, 0.25) is 0 Å². The summed E-state index contributed by atoms with van der Waals surface area (Å²) in [5.41, 5.74) is 5.53. The van der Waals surface area contributed by atoms with E-state index in [2.05, 4.69) is 60.7 Å². The van der Waals surface area contributed by atoms with Crippen LogP contribution in [-0.4, -0.2) is 17.2 Å². The lowest BCUT2D eigenvalue weighted by Crippen LogP contribution is -2.30. The van der Waals surface area contributed by atoms with Gasteiger partial charge in [0.15, 0.2) is 0 Å². The predicted molar refractivity (Wildman–Crippen MR) is 114 cm³/mol. The monoisotopic (exact) mass is 350 g/mol. The van der Waals surface area contributed by atoms with Gasteiger partial charge in [-0.25, -0.2) is 0 Å². The molecule has 0 spiro atoms. The van der Waals surface area contributed by atoms with Crippen LogP contribution in [0.1, 0.15) is 23.1 Å². The molecule has 2 N–H and O–H groups in total. The van der Waals surface area contributed by atoms with Gasteiger partial charge in [-0.1, -0.05) is 72.8 Å². The molecule has 1 aliphatic rings. The van der Waals surface area contributed by atoms with Crippen LogP contribution in [-0.2, 0) is 6.42 Å². The Morgan fingerprint density at radius 1 is 0.704 bits per heavy atom. The van der Waals surface area contributed by atoms with Crippen molar-refractivity contribution in [3.8, 4) is 0 Å². The van der Waals surface area contributed by atoms with E-state index in [1.807, 2.05) is 12.1 Å². The second-order valence-corrected chi connectivity index (χ2v) is 7.19. The fraction of sp³-hybridized carbons (Fsp3) is 0.0833. The molecule has 0 atom stereocenters. The Labute approximate surface area is 158 Å². The highest BCUT2D eigenvalue weighted by atomic mass is 16.4. The summed E-state index contributed by atoms with van der Waals surface area (Å²) in [6.45, 7) is 0. The Balaban J connectivity index is 1.71. The molecule has 0 heterocycles. The minimum atomic E-state index is -1.41. The fourth-order valence-electron chi connectivity index (χ4n) is 4.21. The Kier molecular flexibility index (Phi) is 3.85. The number of aryl methyl sites for hydroxylation is 1. The lowest BCUT2D eigenvalue weighted by atomic mass is 9.77. The van der Waals surface area contributed by atoms with Crippen LogP contribution in [0, 0.1) is 0 Å². The van der Waals surface area contributed by atoms with Gasteiger partial charge in [0.05, 0.1) is 0 Å². The van der Waals surface area contributed by atoms with E-state index >= 15 is 0 Å². The van der Waals surface area contributed by atoms with Gasteiger partial charge in [-0.3, -0.25) is 0 Å². The highest BCUT2D eigenvalue weighted by Crippen LogP contribution is 2.37. The zero-order valence-corrected chi connectivity index (χ0v) is 14.9. The topological polar surface area (TPSA) is 40.5 Å². The van der Waals surface area contributed by atoms with Crippen LogP contribution >= 0.6 is 0 Å². The molecule has 27 heavy (non-hydrogen) atoms. The molecular weight excluding hydrogens is 331 g/mol. The van der Waals surface area contributed by atoms with E-state index in [1.165, 1.54) is 38.2 Å². The number of rotatable bonds is 2. The maximum Gasteiger partial charge on any atom is 0.488 e. The molecular formula is C24H19BO2. The molecule has 0 aromatic heterocycles. The Morgan fingerprint density at radius 2 is 1.44 bits per heavy atom. The molecule has 0 radical (unpaired) electrons. The summed E-state index contributed by atoms with van der Waals surface area (Å²) in [5.74, 6) is 0. The van der Waals surface area contributed by atoms with Crippen molar-refractivity contribution in [2.75, 3.05) is 0 Å². The first-order valence-corrected chi connectivity index (χ1v) is 9.31. The van der Waals surface area contributed by atoms with Gasteiger partial charge in [0.1, 0.15) is 0 Å². The summed E-state index contributed by atoms with van der Waals surface area (Å²) in [7, 11) is -1.41. The van der Waals surface area contributed by atoms with Crippen molar-refractivity contribution < 1.29 is 10.0 Å². The van der Waals surface area contributed by atoms with Gasteiger partial charge >= 0.3 is 7.12 Å². The zero-order chi connectivity index (χ0) is 18.4. The first-order chi connectivity index (χ1) is 13.2. The molecule has 0 amide bonds. The van der Waals surface area contributed by atoms with E-state index < -0.39 is 7.12 Å². The Hall–Kier alpha value is -2.88. The average molecular weight is 350 g/mol. The maximum absolute atomic E-state index is 9.41. The van der Waals surface area contributed by atoms with Gasteiger partial charge in [0, 0.05) is 0 Å². The first-order valence-electron chi connectivity index (χ1n) is 9.31. The van der Waals surface area contributed by atoms with Gasteiger partial charge < -0.3 is 10.0 Å². The second kappa shape index (κ2) is 6.38. The van der Waals surface area contributed by atoms with E-state index in [9.17, 15) is 10.0 Å². The standard InChI is InChI=1S/C24H19BO2/c26-25(27)20-12-11-16-13-19(10-9-17(16)14-20)24-15-18-5-1-2-6-21(18)22-7-3-4-8-23(22)24/h1-8,11-15,26-27H,9-10H2. The van der Waals surface area contributed by atoms with Crippen LogP contribution in [0.25, 0.3) is 33.2 Å². The molecule has 5 rings (SSSR count). The summed E-state index contributed by atoms with van der Waals surface area (Å²) < 4.78 is 0. The van der Waals surface area contributed by atoms with Crippen LogP contribution < -0.4 is 5.46 Å². The molecule has 0 bridgehead atoms. The van der Waals surface area contributed by atoms with Crippen molar-refractivity contribution in [1.82, 2.24) is 0 Å². The van der Waals surface area contributed by atoms with Gasteiger partial charge in [0.25, 0.3) is 0 Å². The van der Waals surface area contributed by atoms with E-state index in [-0.39, 0.29) is 0 Å². The third-order valence-electron chi connectivity index (χ3n) is 5.57. The Morgan fingerprint density at radius 3 is 2.26 bits per heavy atom. The lowest BCUT2D eigenvalue weighted by molar-refractivity contribution is 0.425. The second-order valence-electron chi connectivity index (χ2n) is 7.19. The molecule has 0 saturated heterocycles. The molecule has 0 unspecified atom stereocenters. The van der Waals surface area contributed by atoms with Crippen molar-refractivity contribution in [2.45, 2.75) is 12.8 Å². The van der Waals surface area contributed by atoms with Crippen LogP contribution in [0.15, 0.2) is 72.8 Å². The van der Waals surface area contributed by atoms with Crippen molar-refractivity contribution >= 4 is 45.8 Å². The third kappa shape index (κ3) is 2.76. The normalized spacial score (nSPS) is 13.5. The maximum atomic E-state index is 9.41. The summed E-state index contributed by atoms with van der Waals surface area (Å²) in [4.78, 5) is 0. The van der Waals surface area contributed by atoms with E-state index in [4.69, 9.17) is 0 Å². The molecule has 130 valence electrons. The van der Waals surface area contributed by atoms with Crippen molar-refractivity contribution in [3.63, 3.8) is 0 Å². The summed E-state index contributed by atoms with van der Waals surface area (Å²) in [5, 5.41) is 24.0. The minimum absolute atomic E-state index is 0.557. The van der Waals surface area contributed by atoms with E-state index in [0.29, 0.717) is 5.46 Å². The smallest absolute Gasteiger partial charge is 0.423 e. The molecule has 4 aromatic carbocycles. The molecule has 4 aromatic rings. The van der Waals surface area contributed by atoms with Crippen LogP contribution in [0.3, 0.4) is 0 Å². The quantitative estimate of drug-likeness (QED) is 0.421. The average Bonchev–Trinajstić information content (AvgIpc) is 2.72. The summed E-state index contributed by atoms with van der Waals surface area (Å²) >= 11 is 0. The minimum Gasteiger partial charge on any atom is -0.423 e. The van der Waals surface area contributed by atoms with Crippen molar-refractivity contribution in [3.05, 3.63) is 89.5 Å². The highest BCUT2D eigenvalue weighted by Gasteiger charge is 2.18. The number of hydrogen-bond donors (Lipinski definition) is 2. The van der Waals surface area contributed by atoms with Gasteiger partial charge in [-0.05, 0) is 68.2 Å². The zero-order valence-electron chi connectivity index (χ0n) is 14.9. The van der Waals surface area contributed by atoms with Crippen LogP contribution in [0.5, 0.6) is 0 Å². The molecule has 0 saturated carbocycles. The third-order valence-corrected chi connectivity index (χ3v) is 5.57. The van der Waals surface area contributed by atoms with Gasteiger partial charge in [-0.2, -0.15) is 0 Å². The van der Waals surface area contributed by atoms with Gasteiger partial charge in [-0.15, -0.1) is 0 Å². The molecule has 2 nitrogen and oxygen atoms in total. The molecule has 0 fully saturated rings. The SMILES string of the molecule is OB(O)c1ccc2c(c1)CCC(c1cc3ccccc3c3ccccc13)=C2. The van der Waals surface area contributed by atoms with Crippen LogP contribution in [0.2, 0.25) is 0 Å². The highest BCUT2D eigenvalue weighted by molar-refractivity contribution is 6.58. The fourth-order valence-corrected chi connectivity index (χ4v) is 4.21. The predicted octanol–water partition coefficient (Wildman–Crippen LogP) is 4.16. The lowest BCUT2D eigenvalue weighted by Gasteiger charge is -2.20. The molecule has 3 heteroatoms. The number of benzene rings is 4. The van der Waals surface area contributed by atoms with Crippen molar-refractivity contribution in [1.29, 1.82) is 0 Å². The van der Waals surface area contributed by atoms with E-state index in [1.54, 1.807) is 6.07 Å². The molecule has 1 aliphatic carbocycles. The number of fused-ring (bicyclic) bond motifs is 4. The van der Waals surface area contributed by atoms with Crippen molar-refractivity contribution in [2.24, 2.45) is 0 Å². The number of hydrogen-bond acceptors (Lipinski definition) is 2. The number of allylic oxidation sites excluding steroid dienone is 1. The largest absolute Gasteiger partial charge is 0.488 e. The summed E-state index contributed by atoms with van der Waals surface area (Å²) in [6.07, 6.45) is 4.10. The van der Waals surface area contributed by atoms with Crippen LogP contribution in [0.4, 0.5) is 0 Å². The first kappa shape index (κ1) is 16.3. The van der Waals surface area contributed by atoms with E-state index in [0.717, 1.165) is 18.4 Å². The summed E-state index contributed by atoms with van der Waals surface area (Å²) in [6, 6.07) is 25.2.